The summed E-state index contributed by atoms with van der Waals surface area (Å²) in [6.45, 7) is 4.44. The Hall–Kier alpha value is -1.63. The fourth-order valence-electron chi connectivity index (χ4n) is 2.94. The van der Waals surface area contributed by atoms with Gasteiger partial charge in [0.05, 0.1) is 25.2 Å². The molecular formula is C18H27ClN2O4. The molecular weight excluding hydrogens is 344 g/mol. The molecule has 1 aromatic carbocycles. The molecule has 0 radical (unpaired) electrons. The zero-order valence-corrected chi connectivity index (χ0v) is 15.5. The SMILES string of the molecule is CCOC(=O)CC(NC(=O)[C@@H]1CC[C@H](CN)O1)c1ccccc1C.Cl. The predicted octanol–water partition coefficient (Wildman–Crippen LogP) is 2.03. The Labute approximate surface area is 154 Å². The number of carbonyl (C=O) groups excluding carboxylic acids is 2. The van der Waals surface area contributed by atoms with Crippen molar-refractivity contribution in [3.63, 3.8) is 0 Å². The van der Waals surface area contributed by atoms with Gasteiger partial charge in [0.25, 0.3) is 0 Å². The molecule has 0 spiro atoms. The molecule has 1 aromatic rings. The summed E-state index contributed by atoms with van der Waals surface area (Å²) in [4.78, 5) is 24.4. The Morgan fingerprint density at radius 3 is 2.68 bits per heavy atom. The first kappa shape index (κ1) is 21.4. The third-order valence-electron chi connectivity index (χ3n) is 4.22. The Morgan fingerprint density at radius 1 is 1.36 bits per heavy atom. The lowest BCUT2D eigenvalue weighted by Gasteiger charge is -2.22. The van der Waals surface area contributed by atoms with Gasteiger partial charge in [0, 0.05) is 6.54 Å². The minimum atomic E-state index is -0.507. The number of aryl methyl sites for hydroxylation is 1. The van der Waals surface area contributed by atoms with Crippen LogP contribution in [0.5, 0.6) is 0 Å². The highest BCUT2D eigenvalue weighted by molar-refractivity contribution is 5.85. The van der Waals surface area contributed by atoms with E-state index in [1.807, 2.05) is 31.2 Å². The summed E-state index contributed by atoms with van der Waals surface area (Å²) in [6.07, 6.45) is 0.946. The van der Waals surface area contributed by atoms with Crippen molar-refractivity contribution in [2.24, 2.45) is 5.73 Å². The highest BCUT2D eigenvalue weighted by Gasteiger charge is 2.32. The van der Waals surface area contributed by atoms with Gasteiger partial charge in [0.2, 0.25) is 5.91 Å². The van der Waals surface area contributed by atoms with Gasteiger partial charge in [-0.3, -0.25) is 9.59 Å². The summed E-state index contributed by atoms with van der Waals surface area (Å²) in [5, 5.41) is 2.94. The van der Waals surface area contributed by atoms with Crippen molar-refractivity contribution in [2.75, 3.05) is 13.2 Å². The predicted molar refractivity (Wildman–Crippen MR) is 97.5 cm³/mol. The lowest BCUT2D eigenvalue weighted by molar-refractivity contribution is -0.144. The number of ether oxygens (including phenoxy) is 2. The molecule has 1 unspecified atom stereocenters. The summed E-state index contributed by atoms with van der Waals surface area (Å²) < 4.78 is 10.7. The van der Waals surface area contributed by atoms with Crippen molar-refractivity contribution in [1.82, 2.24) is 5.32 Å². The van der Waals surface area contributed by atoms with Gasteiger partial charge in [-0.1, -0.05) is 24.3 Å². The molecule has 1 aliphatic heterocycles. The van der Waals surface area contributed by atoms with Crippen molar-refractivity contribution in [2.45, 2.75) is 51.4 Å². The van der Waals surface area contributed by atoms with E-state index < -0.39 is 12.1 Å². The maximum atomic E-state index is 12.5. The molecule has 1 fully saturated rings. The third kappa shape index (κ3) is 5.99. The molecule has 3 atom stereocenters. The standard InChI is InChI=1S/C18H26N2O4.ClH/c1-3-23-17(21)10-15(14-7-5-4-6-12(14)2)20-18(22)16-9-8-13(11-19)24-16;/h4-7,13,15-16H,3,8-11,19H2,1-2H3,(H,20,22);1H/t13-,15?,16+;/m1./s1. The lowest BCUT2D eigenvalue weighted by atomic mass is 9.98. The van der Waals surface area contributed by atoms with Crippen molar-refractivity contribution < 1.29 is 19.1 Å². The number of hydrogen-bond donors (Lipinski definition) is 2. The Balaban J connectivity index is 0.00000312. The highest BCUT2D eigenvalue weighted by atomic mass is 35.5. The van der Waals surface area contributed by atoms with E-state index >= 15 is 0 Å². The van der Waals surface area contributed by atoms with E-state index in [0.29, 0.717) is 19.6 Å². The number of esters is 1. The second kappa shape index (κ2) is 10.4. The van der Waals surface area contributed by atoms with E-state index in [2.05, 4.69) is 5.32 Å². The Bertz CT molecular complexity index is 582. The first-order valence-electron chi connectivity index (χ1n) is 8.42. The second-order valence-corrected chi connectivity index (χ2v) is 5.99. The zero-order chi connectivity index (χ0) is 17.5. The van der Waals surface area contributed by atoms with Crippen LogP contribution in [-0.4, -0.2) is 37.2 Å². The molecule has 0 saturated carbocycles. The normalized spacial score (nSPS) is 20.4. The van der Waals surface area contributed by atoms with Gasteiger partial charge in [-0.15, -0.1) is 12.4 Å². The van der Waals surface area contributed by atoms with Crippen LogP contribution in [0.1, 0.15) is 43.4 Å². The largest absolute Gasteiger partial charge is 0.466 e. The number of carbonyl (C=O) groups is 2. The molecule has 25 heavy (non-hydrogen) atoms. The number of benzene rings is 1. The molecule has 3 N–H and O–H groups in total. The fourth-order valence-corrected chi connectivity index (χ4v) is 2.94. The third-order valence-corrected chi connectivity index (χ3v) is 4.22. The molecule has 0 aromatic heterocycles. The smallest absolute Gasteiger partial charge is 0.308 e. The van der Waals surface area contributed by atoms with Crippen LogP contribution in [0.2, 0.25) is 0 Å². The van der Waals surface area contributed by atoms with E-state index in [0.717, 1.165) is 17.5 Å². The summed E-state index contributed by atoms with van der Waals surface area (Å²) in [7, 11) is 0. The van der Waals surface area contributed by atoms with Crippen LogP contribution < -0.4 is 11.1 Å². The van der Waals surface area contributed by atoms with Gasteiger partial charge in [0.1, 0.15) is 6.10 Å². The molecule has 2 rings (SSSR count). The summed E-state index contributed by atoms with van der Waals surface area (Å²) in [5.74, 6) is -0.540. The second-order valence-electron chi connectivity index (χ2n) is 5.99. The van der Waals surface area contributed by atoms with Gasteiger partial charge in [-0.2, -0.15) is 0 Å². The van der Waals surface area contributed by atoms with Gasteiger partial charge in [0.15, 0.2) is 0 Å². The molecule has 140 valence electrons. The summed E-state index contributed by atoms with van der Waals surface area (Å²) >= 11 is 0. The van der Waals surface area contributed by atoms with Crippen molar-refractivity contribution in [3.8, 4) is 0 Å². The quantitative estimate of drug-likeness (QED) is 0.717. The molecule has 0 aliphatic carbocycles. The van der Waals surface area contributed by atoms with E-state index in [1.165, 1.54) is 0 Å². The number of hydrogen-bond acceptors (Lipinski definition) is 5. The van der Waals surface area contributed by atoms with Gasteiger partial charge < -0.3 is 20.5 Å². The first-order valence-corrected chi connectivity index (χ1v) is 8.42. The lowest BCUT2D eigenvalue weighted by Crippen LogP contribution is -2.39. The highest BCUT2D eigenvalue weighted by Crippen LogP contribution is 2.24. The monoisotopic (exact) mass is 370 g/mol. The molecule has 1 aliphatic rings. The van der Waals surface area contributed by atoms with Crippen LogP contribution in [0.3, 0.4) is 0 Å². The molecule has 6 nitrogen and oxygen atoms in total. The summed E-state index contributed by atoms with van der Waals surface area (Å²) in [5.41, 5.74) is 7.51. The van der Waals surface area contributed by atoms with Crippen LogP contribution in [0, 0.1) is 6.92 Å². The van der Waals surface area contributed by atoms with Crippen LogP contribution in [0.15, 0.2) is 24.3 Å². The number of nitrogens with two attached hydrogens (primary N) is 1. The van der Waals surface area contributed by atoms with Crippen LogP contribution in [0.4, 0.5) is 0 Å². The van der Waals surface area contributed by atoms with Crippen LogP contribution >= 0.6 is 12.4 Å². The Kier molecular flexibility index (Phi) is 8.89. The van der Waals surface area contributed by atoms with Crippen molar-refractivity contribution in [3.05, 3.63) is 35.4 Å². The minimum Gasteiger partial charge on any atom is -0.466 e. The zero-order valence-electron chi connectivity index (χ0n) is 14.7. The number of rotatable bonds is 7. The minimum absolute atomic E-state index is 0. The van der Waals surface area contributed by atoms with E-state index in [1.54, 1.807) is 6.92 Å². The van der Waals surface area contributed by atoms with Gasteiger partial charge in [-0.25, -0.2) is 0 Å². The molecule has 1 saturated heterocycles. The summed E-state index contributed by atoms with van der Waals surface area (Å²) in [6, 6.07) is 7.25. The average molecular weight is 371 g/mol. The van der Waals surface area contributed by atoms with Gasteiger partial charge in [-0.05, 0) is 37.8 Å². The van der Waals surface area contributed by atoms with Crippen LogP contribution in [-0.2, 0) is 19.1 Å². The maximum Gasteiger partial charge on any atom is 0.308 e. The van der Waals surface area contributed by atoms with E-state index in [9.17, 15) is 9.59 Å². The topological polar surface area (TPSA) is 90.7 Å². The van der Waals surface area contributed by atoms with Crippen molar-refractivity contribution >= 4 is 24.3 Å². The molecule has 1 amide bonds. The average Bonchev–Trinajstić information content (AvgIpc) is 3.04. The number of amides is 1. The first-order chi connectivity index (χ1) is 11.5. The van der Waals surface area contributed by atoms with E-state index in [4.69, 9.17) is 15.2 Å². The number of nitrogens with one attached hydrogen (secondary N) is 1. The van der Waals surface area contributed by atoms with Gasteiger partial charge >= 0.3 is 5.97 Å². The molecule has 7 heteroatoms. The maximum absolute atomic E-state index is 12.5. The number of halogens is 1. The molecule has 0 bridgehead atoms. The van der Waals surface area contributed by atoms with Crippen molar-refractivity contribution in [1.29, 1.82) is 0 Å². The Morgan fingerprint density at radius 2 is 2.08 bits per heavy atom. The van der Waals surface area contributed by atoms with E-state index in [-0.39, 0.29) is 36.8 Å². The fraction of sp³-hybridized carbons (Fsp3) is 0.556. The van der Waals surface area contributed by atoms with Crippen LogP contribution in [0.25, 0.3) is 0 Å². The molecule has 1 heterocycles.